The van der Waals surface area contributed by atoms with Crippen molar-refractivity contribution in [1.29, 1.82) is 10.5 Å². The summed E-state index contributed by atoms with van der Waals surface area (Å²) in [7, 11) is 0. The molecule has 9 rings (SSSR count). The van der Waals surface area contributed by atoms with E-state index in [2.05, 4.69) is 126 Å². The molecular weight excluding hydrogens is 597 g/mol. The molecule has 2 heterocycles. The summed E-state index contributed by atoms with van der Waals surface area (Å²) in [5.74, 6) is 1.11. The number of nitriles is 2. The average molecular weight is 633 g/mol. The Morgan fingerprint density at radius 1 is 0.755 bits per heavy atom. The zero-order chi connectivity index (χ0) is 33.1. The van der Waals surface area contributed by atoms with Crippen LogP contribution in [0.4, 0.5) is 5.69 Å². The van der Waals surface area contributed by atoms with Crippen molar-refractivity contribution in [2.24, 2.45) is 11.8 Å². The predicted molar refractivity (Wildman–Crippen MR) is 199 cm³/mol. The lowest BCUT2D eigenvalue weighted by Crippen LogP contribution is -2.43. The molecule has 236 valence electrons. The maximum atomic E-state index is 9.92. The number of hydrogen-bond acceptors (Lipinski definition) is 3. The van der Waals surface area contributed by atoms with Crippen LogP contribution in [0.15, 0.2) is 139 Å². The smallest absolute Gasteiger partial charge is 0.0998 e. The van der Waals surface area contributed by atoms with Gasteiger partial charge in [-0.05, 0) is 89.9 Å². The topological polar surface area (TPSA) is 55.8 Å². The highest BCUT2D eigenvalue weighted by molar-refractivity contribution is 6.10. The first-order valence-electron chi connectivity index (χ1n) is 17.4. The van der Waals surface area contributed by atoms with Crippen molar-refractivity contribution >= 4 is 27.5 Å². The Kier molecular flexibility index (Phi) is 6.99. The first-order valence-corrected chi connectivity index (χ1v) is 17.4. The molecule has 5 atom stereocenters. The second kappa shape index (κ2) is 11.7. The Labute approximate surface area is 287 Å². The van der Waals surface area contributed by atoms with Crippen LogP contribution in [0.3, 0.4) is 0 Å². The fourth-order valence-electron chi connectivity index (χ4n) is 9.24. The van der Waals surface area contributed by atoms with Gasteiger partial charge in [0.2, 0.25) is 0 Å². The molecule has 0 radical (unpaired) electrons. The fraction of sp³-hybridized carbons (Fsp3) is 0.200. The minimum atomic E-state index is 0.182. The quantitative estimate of drug-likeness (QED) is 0.182. The van der Waals surface area contributed by atoms with Gasteiger partial charge < -0.3 is 9.47 Å². The van der Waals surface area contributed by atoms with Crippen LogP contribution in [0, 0.1) is 34.5 Å². The van der Waals surface area contributed by atoms with Crippen LogP contribution >= 0.6 is 0 Å². The number of nitrogens with zero attached hydrogens (tertiary/aromatic N) is 4. The highest BCUT2D eigenvalue weighted by Gasteiger charge is 2.51. The number of aromatic nitrogens is 1. The Bertz CT molecular complexity index is 2410. The van der Waals surface area contributed by atoms with Gasteiger partial charge in [-0.1, -0.05) is 97.9 Å². The standard InChI is InChI=1S/C45H36N4/c1-29-23-24-39-37-18-5-7-22-42(37)49(33-14-8-11-30(25-33)27-46)45(39)43(29)40-20-10-19-38-36-17-4-6-21-41(36)48(44(38)40)34-15-9-13-31(26-34)35-16-3-2-12-32(35)28-47/h2-4,6-17,19-22,24-26,29,37,42-43,45H,5,18,23H2,1H3. The zero-order valence-electron chi connectivity index (χ0n) is 27.5. The molecule has 6 aromatic rings. The van der Waals surface area contributed by atoms with Gasteiger partial charge in [0.15, 0.2) is 0 Å². The van der Waals surface area contributed by atoms with Crippen molar-refractivity contribution in [3.05, 3.63) is 156 Å². The number of anilines is 1. The van der Waals surface area contributed by atoms with E-state index in [4.69, 9.17) is 0 Å². The number of hydrogen-bond donors (Lipinski definition) is 0. The lowest BCUT2D eigenvalue weighted by atomic mass is 9.70. The summed E-state index contributed by atoms with van der Waals surface area (Å²) in [6.07, 6.45) is 10.6. The van der Waals surface area contributed by atoms with E-state index in [0.29, 0.717) is 23.0 Å². The van der Waals surface area contributed by atoms with Crippen LogP contribution in [0.25, 0.3) is 38.6 Å². The predicted octanol–water partition coefficient (Wildman–Crippen LogP) is 10.5. The van der Waals surface area contributed by atoms with Gasteiger partial charge in [-0.2, -0.15) is 10.5 Å². The molecule has 5 aromatic carbocycles. The molecule has 4 nitrogen and oxygen atoms in total. The molecule has 1 saturated heterocycles. The van der Waals surface area contributed by atoms with Crippen molar-refractivity contribution in [1.82, 2.24) is 4.57 Å². The molecule has 2 aliphatic carbocycles. The van der Waals surface area contributed by atoms with Crippen molar-refractivity contribution in [3.63, 3.8) is 0 Å². The third kappa shape index (κ3) is 4.56. The van der Waals surface area contributed by atoms with Gasteiger partial charge in [-0.3, -0.25) is 0 Å². The maximum Gasteiger partial charge on any atom is 0.0998 e. The molecule has 1 fully saturated rings. The molecule has 0 N–H and O–H groups in total. The first-order chi connectivity index (χ1) is 24.2. The third-order valence-electron chi connectivity index (χ3n) is 11.3. The molecule has 49 heavy (non-hydrogen) atoms. The molecular formula is C45H36N4. The summed E-state index contributed by atoms with van der Waals surface area (Å²) in [6, 6.07) is 45.6. The lowest BCUT2D eigenvalue weighted by molar-refractivity contribution is 0.398. The van der Waals surface area contributed by atoms with E-state index in [9.17, 15) is 10.5 Å². The Morgan fingerprint density at radius 3 is 2.45 bits per heavy atom. The second-order valence-electron chi connectivity index (χ2n) is 13.9. The molecule has 1 aliphatic heterocycles. The summed E-state index contributed by atoms with van der Waals surface area (Å²) >= 11 is 0. The number of benzene rings is 5. The van der Waals surface area contributed by atoms with Crippen LogP contribution in [-0.4, -0.2) is 16.7 Å². The second-order valence-corrected chi connectivity index (χ2v) is 13.9. The maximum absolute atomic E-state index is 9.92. The summed E-state index contributed by atoms with van der Waals surface area (Å²) in [5, 5.41) is 22.3. The van der Waals surface area contributed by atoms with Crippen LogP contribution < -0.4 is 4.90 Å². The van der Waals surface area contributed by atoms with Crippen LogP contribution in [0.2, 0.25) is 0 Å². The Balaban J connectivity index is 1.29. The van der Waals surface area contributed by atoms with E-state index < -0.39 is 0 Å². The lowest BCUT2D eigenvalue weighted by Gasteiger charge is -2.41. The van der Waals surface area contributed by atoms with E-state index >= 15 is 0 Å². The van der Waals surface area contributed by atoms with Crippen LogP contribution in [-0.2, 0) is 0 Å². The SMILES string of the molecule is CC1CC=C2C3CCC=CC3N(c3cccc(C#N)c3)C2C1c1cccc2c3ccccc3n(-c3cccc(-c4ccccc4C#N)c3)c12. The average Bonchev–Trinajstić information content (AvgIpc) is 3.68. The van der Waals surface area contributed by atoms with E-state index in [0.717, 1.165) is 41.8 Å². The number of allylic oxidation sites excluding steroid dienone is 2. The number of fused-ring (bicyclic) bond motifs is 6. The molecule has 0 bridgehead atoms. The van der Waals surface area contributed by atoms with Gasteiger partial charge in [0.25, 0.3) is 0 Å². The highest BCUT2D eigenvalue weighted by atomic mass is 15.2. The van der Waals surface area contributed by atoms with Crippen LogP contribution in [0.1, 0.15) is 48.8 Å². The molecule has 0 spiro atoms. The fourth-order valence-corrected chi connectivity index (χ4v) is 9.24. The van der Waals surface area contributed by atoms with Crippen molar-refractivity contribution in [2.75, 3.05) is 4.90 Å². The van der Waals surface area contributed by atoms with Crippen molar-refractivity contribution in [3.8, 4) is 29.0 Å². The van der Waals surface area contributed by atoms with Gasteiger partial charge in [0.1, 0.15) is 0 Å². The molecule has 0 saturated carbocycles. The van der Waals surface area contributed by atoms with Crippen LogP contribution in [0.5, 0.6) is 0 Å². The largest absolute Gasteiger partial charge is 0.357 e. The minimum absolute atomic E-state index is 0.182. The van der Waals surface area contributed by atoms with Gasteiger partial charge in [-0.15, -0.1) is 0 Å². The van der Waals surface area contributed by atoms with E-state index in [1.54, 1.807) is 5.57 Å². The van der Waals surface area contributed by atoms with E-state index in [1.807, 2.05) is 36.4 Å². The number of rotatable bonds is 4. The molecule has 1 aromatic heterocycles. The third-order valence-corrected chi connectivity index (χ3v) is 11.3. The molecule has 5 unspecified atom stereocenters. The van der Waals surface area contributed by atoms with E-state index in [1.165, 1.54) is 27.4 Å². The Morgan fingerprint density at radius 2 is 1.55 bits per heavy atom. The Hall–Kier alpha value is -5.84. The van der Waals surface area contributed by atoms with Crippen molar-refractivity contribution < 1.29 is 0 Å². The van der Waals surface area contributed by atoms with Crippen molar-refractivity contribution in [2.45, 2.75) is 44.2 Å². The summed E-state index contributed by atoms with van der Waals surface area (Å²) < 4.78 is 2.46. The highest BCUT2D eigenvalue weighted by Crippen LogP contribution is 2.54. The summed E-state index contributed by atoms with van der Waals surface area (Å²) in [6.45, 7) is 2.42. The van der Waals surface area contributed by atoms with Gasteiger partial charge >= 0.3 is 0 Å². The normalized spacial score (nSPS) is 22.7. The molecule has 0 amide bonds. The van der Waals surface area contributed by atoms with Gasteiger partial charge in [-0.25, -0.2) is 0 Å². The number of para-hydroxylation sites is 2. The molecule has 4 heteroatoms. The monoisotopic (exact) mass is 632 g/mol. The summed E-state index contributed by atoms with van der Waals surface area (Å²) in [4.78, 5) is 2.65. The molecule has 3 aliphatic rings. The van der Waals surface area contributed by atoms with E-state index in [-0.39, 0.29) is 18.0 Å². The minimum Gasteiger partial charge on any atom is -0.357 e. The summed E-state index contributed by atoms with van der Waals surface area (Å²) in [5.41, 5.74) is 10.9. The first kappa shape index (κ1) is 29.3. The van der Waals surface area contributed by atoms with Gasteiger partial charge in [0, 0.05) is 34.0 Å². The van der Waals surface area contributed by atoms with Gasteiger partial charge in [0.05, 0.1) is 46.4 Å². The zero-order valence-corrected chi connectivity index (χ0v) is 27.5.